The molecule has 2 fully saturated rings. The fourth-order valence-electron chi connectivity index (χ4n) is 2.82. The van der Waals surface area contributed by atoms with E-state index in [4.69, 9.17) is 4.74 Å². The Kier molecular flexibility index (Phi) is 5.28. The zero-order valence-electron chi connectivity index (χ0n) is 14.0. The second-order valence-corrected chi connectivity index (χ2v) is 7.77. The second kappa shape index (κ2) is 7.23. The van der Waals surface area contributed by atoms with E-state index in [1.807, 2.05) is 12.4 Å². The molecule has 1 aromatic heterocycles. The Morgan fingerprint density at radius 1 is 1.43 bits per heavy atom. The fourth-order valence-corrected chi connectivity index (χ4v) is 3.67. The highest BCUT2D eigenvalue weighted by Gasteiger charge is 2.29. The third-order valence-corrected chi connectivity index (χ3v) is 5.47. The molecule has 1 amide bonds. The quantitative estimate of drug-likeness (QED) is 0.764. The fraction of sp³-hybridized carbons (Fsp3) is 0.750. The third kappa shape index (κ3) is 4.49. The minimum atomic E-state index is -0.0451. The molecule has 1 aromatic rings. The summed E-state index contributed by atoms with van der Waals surface area (Å²) in [5, 5.41) is 4.02. The van der Waals surface area contributed by atoms with Crippen molar-refractivity contribution >= 4 is 17.7 Å². The number of morpholine rings is 1. The molecule has 7 heteroatoms. The highest BCUT2D eigenvalue weighted by Crippen LogP contribution is 2.37. The number of hydrogen-bond donors (Lipinski definition) is 1. The van der Waals surface area contributed by atoms with Crippen LogP contribution in [0, 0.1) is 0 Å². The lowest BCUT2D eigenvalue weighted by atomic mass is 10.0. The van der Waals surface area contributed by atoms with Crippen molar-refractivity contribution in [3.63, 3.8) is 0 Å². The zero-order valence-corrected chi connectivity index (χ0v) is 14.8. The Morgan fingerprint density at radius 3 is 2.87 bits per heavy atom. The first-order chi connectivity index (χ1) is 11.1. The van der Waals surface area contributed by atoms with Crippen molar-refractivity contribution in [3.8, 4) is 0 Å². The Hall–Kier alpha value is -1.05. The van der Waals surface area contributed by atoms with Crippen LogP contribution in [0.1, 0.15) is 32.7 Å². The van der Waals surface area contributed by atoms with Crippen molar-refractivity contribution in [1.29, 1.82) is 0 Å². The molecule has 1 N–H and O–H groups in total. The number of carbonyl (C=O) groups excluding carboxylic acids is 1. The first-order valence-electron chi connectivity index (χ1n) is 8.31. The third-order valence-electron chi connectivity index (χ3n) is 4.49. The standard InChI is InChI=1S/C16H26N4O2S/c1-16(2,19-7-9-22-10-8-19)12-18-14(21)11-23-15-17-5-6-20(15)13-3-4-13/h5-6,13H,3-4,7-12H2,1-2H3,(H,18,21). The average Bonchev–Trinajstić information content (AvgIpc) is 3.30. The molecule has 0 spiro atoms. The van der Waals surface area contributed by atoms with Gasteiger partial charge >= 0.3 is 0 Å². The van der Waals surface area contributed by atoms with Gasteiger partial charge in [0.15, 0.2) is 5.16 Å². The minimum Gasteiger partial charge on any atom is -0.379 e. The number of amides is 1. The molecule has 23 heavy (non-hydrogen) atoms. The van der Waals surface area contributed by atoms with E-state index in [0.717, 1.165) is 31.5 Å². The smallest absolute Gasteiger partial charge is 0.230 e. The van der Waals surface area contributed by atoms with E-state index >= 15 is 0 Å². The number of nitrogens with zero attached hydrogens (tertiary/aromatic N) is 3. The molecule has 6 nitrogen and oxygen atoms in total. The molecule has 1 saturated carbocycles. The highest BCUT2D eigenvalue weighted by atomic mass is 32.2. The van der Waals surface area contributed by atoms with Gasteiger partial charge in [-0.15, -0.1) is 0 Å². The normalized spacial score (nSPS) is 19.7. The molecule has 2 aliphatic rings. The van der Waals surface area contributed by atoms with E-state index in [0.29, 0.717) is 18.3 Å². The van der Waals surface area contributed by atoms with Crippen LogP contribution in [-0.2, 0) is 9.53 Å². The number of carbonyl (C=O) groups is 1. The van der Waals surface area contributed by atoms with Gasteiger partial charge in [-0.05, 0) is 26.7 Å². The molecule has 0 bridgehead atoms. The molecular weight excluding hydrogens is 312 g/mol. The predicted octanol–water partition coefficient (Wildman–Crippen LogP) is 1.54. The van der Waals surface area contributed by atoms with Crippen LogP contribution in [-0.4, -0.2) is 64.5 Å². The van der Waals surface area contributed by atoms with E-state index < -0.39 is 0 Å². The number of hydrogen-bond acceptors (Lipinski definition) is 5. The van der Waals surface area contributed by atoms with E-state index in [1.54, 1.807) is 0 Å². The highest BCUT2D eigenvalue weighted by molar-refractivity contribution is 7.99. The lowest BCUT2D eigenvalue weighted by molar-refractivity contribution is -0.119. The number of nitrogens with one attached hydrogen (secondary N) is 1. The molecule has 0 radical (unpaired) electrons. The maximum Gasteiger partial charge on any atom is 0.230 e. The Balaban J connectivity index is 1.43. The molecule has 1 aliphatic carbocycles. The summed E-state index contributed by atoms with van der Waals surface area (Å²) in [6, 6.07) is 0.600. The SMILES string of the molecule is CC(C)(CNC(=O)CSc1nccn1C1CC1)N1CCOCC1. The number of rotatable bonds is 7. The van der Waals surface area contributed by atoms with Crippen molar-refractivity contribution in [2.45, 2.75) is 43.4 Å². The lowest BCUT2D eigenvalue weighted by Crippen LogP contribution is -2.55. The van der Waals surface area contributed by atoms with Crippen molar-refractivity contribution in [2.24, 2.45) is 0 Å². The first-order valence-corrected chi connectivity index (χ1v) is 9.30. The van der Waals surface area contributed by atoms with E-state index in [2.05, 4.69) is 33.6 Å². The summed E-state index contributed by atoms with van der Waals surface area (Å²) in [5.41, 5.74) is -0.0451. The molecule has 0 unspecified atom stereocenters. The van der Waals surface area contributed by atoms with Gasteiger partial charge in [-0.2, -0.15) is 0 Å². The number of thioether (sulfide) groups is 1. The van der Waals surface area contributed by atoms with Gasteiger partial charge in [0.25, 0.3) is 0 Å². The lowest BCUT2D eigenvalue weighted by Gasteiger charge is -2.40. The van der Waals surface area contributed by atoms with Crippen LogP contribution >= 0.6 is 11.8 Å². The second-order valence-electron chi connectivity index (χ2n) is 6.83. The molecule has 128 valence electrons. The summed E-state index contributed by atoms with van der Waals surface area (Å²) in [5.74, 6) is 0.491. The van der Waals surface area contributed by atoms with Crippen LogP contribution in [0.25, 0.3) is 0 Å². The predicted molar refractivity (Wildman–Crippen MR) is 90.7 cm³/mol. The number of ether oxygens (including phenoxy) is 1. The van der Waals surface area contributed by atoms with E-state index in [1.165, 1.54) is 24.6 Å². The van der Waals surface area contributed by atoms with Gasteiger partial charge in [0, 0.05) is 43.6 Å². The summed E-state index contributed by atoms with van der Waals surface area (Å²) in [6.07, 6.45) is 6.28. The maximum absolute atomic E-state index is 12.2. The molecule has 0 aromatic carbocycles. The van der Waals surface area contributed by atoms with Crippen LogP contribution in [0.4, 0.5) is 0 Å². The summed E-state index contributed by atoms with van der Waals surface area (Å²) in [4.78, 5) is 18.9. The van der Waals surface area contributed by atoms with Gasteiger partial charge in [-0.3, -0.25) is 9.69 Å². The van der Waals surface area contributed by atoms with Crippen LogP contribution in [0.5, 0.6) is 0 Å². The van der Waals surface area contributed by atoms with E-state index in [9.17, 15) is 4.79 Å². The first kappa shape index (κ1) is 16.8. The zero-order chi connectivity index (χ0) is 16.3. The summed E-state index contributed by atoms with van der Waals surface area (Å²) >= 11 is 1.52. The number of aromatic nitrogens is 2. The van der Waals surface area contributed by atoms with Gasteiger partial charge < -0.3 is 14.6 Å². The van der Waals surface area contributed by atoms with Gasteiger partial charge in [0.2, 0.25) is 5.91 Å². The topological polar surface area (TPSA) is 59.4 Å². The molecule has 1 saturated heterocycles. The molecule has 3 rings (SSSR count). The average molecular weight is 338 g/mol. The summed E-state index contributed by atoms with van der Waals surface area (Å²) < 4.78 is 7.58. The molecule has 0 atom stereocenters. The maximum atomic E-state index is 12.2. The van der Waals surface area contributed by atoms with E-state index in [-0.39, 0.29) is 11.4 Å². The molecule has 2 heterocycles. The summed E-state index contributed by atoms with van der Waals surface area (Å²) in [7, 11) is 0. The van der Waals surface area contributed by atoms with Crippen molar-refractivity contribution in [3.05, 3.63) is 12.4 Å². The summed E-state index contributed by atoms with van der Waals surface area (Å²) in [6.45, 7) is 8.40. The minimum absolute atomic E-state index is 0.0451. The van der Waals surface area contributed by atoms with Gasteiger partial charge in [-0.1, -0.05) is 11.8 Å². The number of imidazole rings is 1. The monoisotopic (exact) mass is 338 g/mol. The molecular formula is C16H26N4O2S. The Labute approximate surface area is 142 Å². The van der Waals surface area contributed by atoms with Crippen LogP contribution in [0.2, 0.25) is 0 Å². The Morgan fingerprint density at radius 2 is 2.17 bits per heavy atom. The Bertz CT molecular complexity index is 536. The largest absolute Gasteiger partial charge is 0.379 e. The van der Waals surface area contributed by atoms with Crippen molar-refractivity contribution < 1.29 is 9.53 Å². The van der Waals surface area contributed by atoms with Crippen LogP contribution < -0.4 is 5.32 Å². The van der Waals surface area contributed by atoms with Crippen LogP contribution in [0.15, 0.2) is 17.6 Å². The van der Waals surface area contributed by atoms with Gasteiger partial charge in [0.1, 0.15) is 0 Å². The van der Waals surface area contributed by atoms with Crippen molar-refractivity contribution in [2.75, 3.05) is 38.6 Å². The van der Waals surface area contributed by atoms with Crippen LogP contribution in [0.3, 0.4) is 0 Å². The van der Waals surface area contributed by atoms with Crippen molar-refractivity contribution in [1.82, 2.24) is 19.8 Å². The van der Waals surface area contributed by atoms with Gasteiger partial charge in [0.05, 0.1) is 19.0 Å². The molecule has 1 aliphatic heterocycles. The van der Waals surface area contributed by atoms with Gasteiger partial charge in [-0.25, -0.2) is 4.98 Å².